The lowest BCUT2D eigenvalue weighted by molar-refractivity contribution is -0.123. The van der Waals surface area contributed by atoms with E-state index in [-0.39, 0.29) is 30.1 Å². The highest BCUT2D eigenvalue weighted by atomic mass is 32.2. The van der Waals surface area contributed by atoms with E-state index >= 15 is 0 Å². The molecular formula is C24H18FNO3S. The molecule has 2 amide bonds. The van der Waals surface area contributed by atoms with Crippen LogP contribution in [0.5, 0.6) is 5.75 Å². The topological polar surface area (TPSA) is 46.6 Å². The van der Waals surface area contributed by atoms with Crippen LogP contribution < -0.4 is 4.74 Å². The lowest BCUT2D eigenvalue weighted by Gasteiger charge is -2.12. The molecule has 1 aliphatic heterocycles. The smallest absolute Gasteiger partial charge is 0.293 e. The molecule has 3 aromatic carbocycles. The number of benzene rings is 3. The van der Waals surface area contributed by atoms with Crippen LogP contribution in [-0.4, -0.2) is 16.0 Å². The Morgan fingerprint density at radius 1 is 0.900 bits per heavy atom. The summed E-state index contributed by atoms with van der Waals surface area (Å²) in [4.78, 5) is 26.5. The maximum atomic E-state index is 13.7. The number of carbonyl (C=O) groups is 2. The Kier molecular flexibility index (Phi) is 5.95. The number of imide groups is 1. The molecule has 1 heterocycles. The van der Waals surface area contributed by atoms with Crippen LogP contribution in [0.1, 0.15) is 16.7 Å². The van der Waals surface area contributed by atoms with Gasteiger partial charge in [0.25, 0.3) is 11.1 Å². The highest BCUT2D eigenvalue weighted by Crippen LogP contribution is 2.33. The van der Waals surface area contributed by atoms with E-state index in [9.17, 15) is 14.0 Å². The molecule has 4 rings (SSSR count). The third kappa shape index (κ3) is 4.60. The van der Waals surface area contributed by atoms with Gasteiger partial charge < -0.3 is 4.74 Å². The van der Waals surface area contributed by atoms with Crippen LogP contribution in [0.2, 0.25) is 0 Å². The van der Waals surface area contributed by atoms with Crippen LogP contribution in [0.3, 0.4) is 0 Å². The lowest BCUT2D eigenvalue weighted by atomic mass is 10.2. The second-order valence-electron chi connectivity index (χ2n) is 6.70. The predicted molar refractivity (Wildman–Crippen MR) is 115 cm³/mol. The first-order valence-electron chi connectivity index (χ1n) is 9.36. The second kappa shape index (κ2) is 8.97. The van der Waals surface area contributed by atoms with E-state index in [1.807, 2.05) is 30.3 Å². The zero-order valence-corrected chi connectivity index (χ0v) is 16.8. The largest absolute Gasteiger partial charge is 0.489 e. The summed E-state index contributed by atoms with van der Waals surface area (Å²) in [5, 5.41) is -0.278. The molecule has 0 bridgehead atoms. The van der Waals surface area contributed by atoms with E-state index in [1.54, 1.807) is 48.5 Å². The van der Waals surface area contributed by atoms with Crippen molar-refractivity contribution in [2.75, 3.05) is 0 Å². The normalized spacial score (nSPS) is 15.1. The molecule has 1 saturated heterocycles. The number of hydrogen-bond donors (Lipinski definition) is 0. The minimum atomic E-state index is -0.305. The van der Waals surface area contributed by atoms with E-state index in [1.165, 1.54) is 11.0 Å². The minimum absolute atomic E-state index is 0.129. The quantitative estimate of drug-likeness (QED) is 0.485. The standard InChI is InChI=1S/C24H18FNO3S/c25-21-9-5-4-8-19(21)16-29-20-12-10-17(11-13-20)14-22-23(27)26(24(28)30-22)15-18-6-2-1-3-7-18/h1-14H,15-16H2. The highest BCUT2D eigenvalue weighted by Gasteiger charge is 2.34. The van der Waals surface area contributed by atoms with E-state index < -0.39 is 0 Å². The first-order chi connectivity index (χ1) is 14.6. The molecule has 0 aliphatic carbocycles. The van der Waals surface area contributed by atoms with Crippen molar-refractivity contribution in [3.8, 4) is 5.75 Å². The van der Waals surface area contributed by atoms with Crippen LogP contribution in [0.4, 0.5) is 9.18 Å². The molecule has 0 N–H and O–H groups in total. The van der Waals surface area contributed by atoms with Crippen LogP contribution in [0.15, 0.2) is 83.8 Å². The van der Waals surface area contributed by atoms with Gasteiger partial charge in [0.15, 0.2) is 0 Å². The van der Waals surface area contributed by atoms with Crippen molar-refractivity contribution in [1.82, 2.24) is 4.90 Å². The minimum Gasteiger partial charge on any atom is -0.489 e. The molecular weight excluding hydrogens is 401 g/mol. The predicted octanol–water partition coefficient (Wildman–Crippen LogP) is 5.64. The molecule has 1 aliphatic rings. The molecule has 0 radical (unpaired) electrons. The van der Waals surface area contributed by atoms with Gasteiger partial charge in [-0.15, -0.1) is 0 Å². The summed E-state index contributed by atoms with van der Waals surface area (Å²) in [5.74, 6) is -0.0123. The molecule has 1 fully saturated rings. The highest BCUT2D eigenvalue weighted by molar-refractivity contribution is 8.18. The molecule has 3 aromatic rings. The van der Waals surface area contributed by atoms with Crippen molar-refractivity contribution < 1.29 is 18.7 Å². The summed E-state index contributed by atoms with van der Waals surface area (Å²) in [6.07, 6.45) is 1.69. The van der Waals surface area contributed by atoms with Crippen molar-refractivity contribution in [3.63, 3.8) is 0 Å². The molecule has 4 nitrogen and oxygen atoms in total. The number of nitrogens with zero attached hydrogens (tertiary/aromatic N) is 1. The number of rotatable bonds is 6. The number of amides is 2. The zero-order valence-electron chi connectivity index (χ0n) is 16.0. The molecule has 150 valence electrons. The van der Waals surface area contributed by atoms with E-state index in [2.05, 4.69) is 0 Å². The SMILES string of the molecule is O=C1SC(=Cc2ccc(OCc3ccccc3F)cc2)C(=O)N1Cc1ccccc1. The van der Waals surface area contributed by atoms with Gasteiger partial charge in [-0.3, -0.25) is 14.5 Å². The van der Waals surface area contributed by atoms with Crippen molar-refractivity contribution >= 4 is 29.0 Å². The Hall–Kier alpha value is -3.38. The van der Waals surface area contributed by atoms with Crippen LogP contribution in [-0.2, 0) is 17.9 Å². The van der Waals surface area contributed by atoms with Gasteiger partial charge in [-0.05, 0) is 47.2 Å². The second-order valence-corrected chi connectivity index (χ2v) is 7.70. The summed E-state index contributed by atoms with van der Waals surface area (Å²) in [5.41, 5.74) is 2.16. The number of hydrogen-bond acceptors (Lipinski definition) is 4. The average Bonchev–Trinajstić information content (AvgIpc) is 3.02. The molecule has 30 heavy (non-hydrogen) atoms. The van der Waals surface area contributed by atoms with Gasteiger partial charge in [-0.2, -0.15) is 0 Å². The Bertz CT molecular complexity index is 1100. The Labute approximate surface area is 178 Å². The summed E-state index contributed by atoms with van der Waals surface area (Å²) in [6, 6.07) is 23.0. The molecule has 0 spiro atoms. The van der Waals surface area contributed by atoms with Crippen LogP contribution >= 0.6 is 11.8 Å². The van der Waals surface area contributed by atoms with Crippen molar-refractivity contribution in [2.45, 2.75) is 13.2 Å². The molecule has 0 aromatic heterocycles. The third-order valence-corrected chi connectivity index (χ3v) is 5.49. The van der Waals surface area contributed by atoms with Crippen molar-refractivity contribution in [2.24, 2.45) is 0 Å². The van der Waals surface area contributed by atoms with Gasteiger partial charge >= 0.3 is 0 Å². The van der Waals surface area contributed by atoms with Crippen molar-refractivity contribution in [1.29, 1.82) is 0 Å². The first-order valence-corrected chi connectivity index (χ1v) is 10.2. The number of halogens is 1. The monoisotopic (exact) mass is 419 g/mol. The molecule has 6 heteroatoms. The fourth-order valence-corrected chi connectivity index (χ4v) is 3.83. The van der Waals surface area contributed by atoms with Gasteiger partial charge in [-0.1, -0.05) is 60.7 Å². The third-order valence-electron chi connectivity index (χ3n) is 4.59. The maximum absolute atomic E-state index is 13.7. The van der Waals surface area contributed by atoms with Gasteiger partial charge in [0.05, 0.1) is 11.4 Å². The van der Waals surface area contributed by atoms with Crippen LogP contribution in [0.25, 0.3) is 6.08 Å². The van der Waals surface area contributed by atoms with Crippen LogP contribution in [0, 0.1) is 5.82 Å². The molecule has 0 unspecified atom stereocenters. The summed E-state index contributed by atoms with van der Waals surface area (Å²) in [6.45, 7) is 0.385. The zero-order chi connectivity index (χ0) is 20.9. The molecule has 0 saturated carbocycles. The number of ether oxygens (including phenoxy) is 1. The fourth-order valence-electron chi connectivity index (χ4n) is 2.99. The Balaban J connectivity index is 1.41. The maximum Gasteiger partial charge on any atom is 0.293 e. The van der Waals surface area contributed by atoms with Gasteiger partial charge in [-0.25, -0.2) is 4.39 Å². The average molecular weight is 419 g/mol. The fraction of sp³-hybridized carbons (Fsp3) is 0.0833. The van der Waals surface area contributed by atoms with E-state index in [4.69, 9.17) is 4.74 Å². The van der Waals surface area contributed by atoms with Gasteiger partial charge in [0.2, 0.25) is 0 Å². The lowest BCUT2D eigenvalue weighted by Crippen LogP contribution is -2.27. The first kappa shape index (κ1) is 19.9. The van der Waals surface area contributed by atoms with E-state index in [0.717, 1.165) is 22.9 Å². The summed E-state index contributed by atoms with van der Waals surface area (Å²) < 4.78 is 19.3. The molecule has 0 atom stereocenters. The summed E-state index contributed by atoms with van der Waals surface area (Å²) >= 11 is 0.935. The Morgan fingerprint density at radius 2 is 1.60 bits per heavy atom. The number of thioether (sulfide) groups is 1. The number of carbonyl (C=O) groups excluding carboxylic acids is 2. The Morgan fingerprint density at radius 3 is 2.33 bits per heavy atom. The van der Waals surface area contributed by atoms with E-state index in [0.29, 0.717) is 16.2 Å². The van der Waals surface area contributed by atoms with Gasteiger partial charge in [0, 0.05) is 5.56 Å². The van der Waals surface area contributed by atoms with Crippen molar-refractivity contribution in [3.05, 3.63) is 106 Å². The van der Waals surface area contributed by atoms with Gasteiger partial charge in [0.1, 0.15) is 18.2 Å². The summed E-state index contributed by atoms with van der Waals surface area (Å²) in [7, 11) is 0.